The molecule has 7 heteroatoms. The topological polar surface area (TPSA) is 64.2 Å². The van der Waals surface area contributed by atoms with Gasteiger partial charge in [-0.2, -0.15) is 5.10 Å². The monoisotopic (exact) mass is 410 g/mol. The van der Waals surface area contributed by atoms with Gasteiger partial charge < -0.3 is 9.32 Å². The van der Waals surface area contributed by atoms with Crippen molar-refractivity contribution in [2.24, 2.45) is 7.05 Å². The number of carbonyl (C=O) groups is 1. The quantitative estimate of drug-likeness (QED) is 0.602. The fraction of sp³-hybridized carbons (Fsp3) is 0.435. The molecule has 0 radical (unpaired) electrons. The lowest BCUT2D eigenvalue weighted by atomic mass is 10.0. The number of nitrogens with zero attached hydrogens (tertiary/aromatic N) is 4. The van der Waals surface area contributed by atoms with Crippen molar-refractivity contribution in [1.82, 2.24) is 19.7 Å². The average molecular weight is 410 g/mol. The summed E-state index contributed by atoms with van der Waals surface area (Å²) in [6.07, 6.45) is 6.77. The summed E-state index contributed by atoms with van der Waals surface area (Å²) in [5, 5.41) is 4.47. The van der Waals surface area contributed by atoms with Crippen molar-refractivity contribution in [1.29, 1.82) is 0 Å². The van der Waals surface area contributed by atoms with Gasteiger partial charge >= 0.3 is 0 Å². The second-order valence-electron chi connectivity index (χ2n) is 7.88. The number of aryl methyl sites for hydroxylation is 2. The summed E-state index contributed by atoms with van der Waals surface area (Å²) in [5.41, 5.74) is 2.36. The molecule has 0 bridgehead atoms. The highest BCUT2D eigenvalue weighted by molar-refractivity contribution is 5.93. The maximum atomic E-state index is 13.5. The maximum Gasteiger partial charge on any atom is 0.272 e. The summed E-state index contributed by atoms with van der Waals surface area (Å²) < 4.78 is 21.1. The first kappa shape index (κ1) is 20.3. The van der Waals surface area contributed by atoms with Crippen LogP contribution in [0.4, 0.5) is 4.39 Å². The summed E-state index contributed by atoms with van der Waals surface area (Å²) in [5.74, 6) is 0.904. The first-order valence-corrected chi connectivity index (χ1v) is 10.6. The number of halogens is 1. The molecule has 1 aliphatic rings. The molecular formula is C23H27FN4O2. The molecular weight excluding hydrogens is 383 g/mol. The van der Waals surface area contributed by atoms with Crippen LogP contribution in [0.25, 0.3) is 0 Å². The van der Waals surface area contributed by atoms with Gasteiger partial charge in [0, 0.05) is 20.0 Å². The normalized spacial score (nSPS) is 16.8. The van der Waals surface area contributed by atoms with Crippen molar-refractivity contribution in [2.75, 3.05) is 6.54 Å². The number of hydrogen-bond donors (Lipinski definition) is 0. The predicted octanol–water partition coefficient (Wildman–Crippen LogP) is 4.46. The molecule has 1 atom stereocenters. The number of hydrogen-bond acceptors (Lipinski definition) is 4. The van der Waals surface area contributed by atoms with Crippen LogP contribution in [0.1, 0.15) is 72.0 Å². The Kier molecular flexibility index (Phi) is 5.97. The fourth-order valence-electron chi connectivity index (χ4n) is 4.09. The molecule has 4 rings (SSSR count). The zero-order valence-corrected chi connectivity index (χ0v) is 17.5. The van der Waals surface area contributed by atoms with Crippen molar-refractivity contribution < 1.29 is 13.6 Å². The number of benzene rings is 1. The van der Waals surface area contributed by atoms with Gasteiger partial charge in [-0.1, -0.05) is 25.5 Å². The summed E-state index contributed by atoms with van der Waals surface area (Å²) in [6, 6.07) is 8.15. The van der Waals surface area contributed by atoms with Crippen LogP contribution in [0.15, 0.2) is 40.9 Å². The SMILES string of the molecule is CCCc1cc(C(=O)N2CCCCC2c2ncc(Cc3cccc(F)c3)o2)n(C)n1. The van der Waals surface area contributed by atoms with Crippen LogP contribution in [0, 0.1) is 5.82 Å². The number of oxazole rings is 1. The van der Waals surface area contributed by atoms with E-state index in [0.29, 0.717) is 30.3 Å². The molecule has 1 saturated heterocycles. The number of carbonyl (C=O) groups excluding carboxylic acids is 1. The van der Waals surface area contributed by atoms with Crippen LogP contribution >= 0.6 is 0 Å². The Morgan fingerprint density at radius 3 is 2.97 bits per heavy atom. The molecule has 158 valence electrons. The van der Waals surface area contributed by atoms with Gasteiger partial charge in [0.05, 0.1) is 11.9 Å². The molecule has 3 aromatic rings. The summed E-state index contributed by atoms with van der Waals surface area (Å²) in [7, 11) is 1.81. The third kappa shape index (κ3) is 4.30. The Hall–Kier alpha value is -2.96. The van der Waals surface area contributed by atoms with Gasteiger partial charge in [0.2, 0.25) is 5.89 Å². The van der Waals surface area contributed by atoms with E-state index in [9.17, 15) is 9.18 Å². The summed E-state index contributed by atoms with van der Waals surface area (Å²) >= 11 is 0. The second-order valence-corrected chi connectivity index (χ2v) is 7.88. The third-order valence-electron chi connectivity index (χ3n) is 5.54. The van der Waals surface area contributed by atoms with Crippen LogP contribution < -0.4 is 0 Å². The lowest BCUT2D eigenvalue weighted by molar-refractivity contribution is 0.0558. The molecule has 6 nitrogen and oxygen atoms in total. The van der Waals surface area contributed by atoms with Crippen LogP contribution in [0.3, 0.4) is 0 Å². The van der Waals surface area contributed by atoms with E-state index in [-0.39, 0.29) is 17.8 Å². The van der Waals surface area contributed by atoms with Crippen molar-refractivity contribution in [3.8, 4) is 0 Å². The first-order valence-electron chi connectivity index (χ1n) is 10.6. The van der Waals surface area contributed by atoms with E-state index in [2.05, 4.69) is 17.0 Å². The number of rotatable bonds is 6. The van der Waals surface area contributed by atoms with Gasteiger partial charge in [0.1, 0.15) is 23.3 Å². The third-order valence-corrected chi connectivity index (χ3v) is 5.54. The Labute approximate surface area is 175 Å². The van der Waals surface area contributed by atoms with Gasteiger partial charge in [-0.15, -0.1) is 0 Å². The maximum absolute atomic E-state index is 13.5. The molecule has 0 N–H and O–H groups in total. The molecule has 0 saturated carbocycles. The molecule has 1 amide bonds. The Morgan fingerprint density at radius 2 is 2.17 bits per heavy atom. The minimum absolute atomic E-state index is 0.0399. The van der Waals surface area contributed by atoms with E-state index >= 15 is 0 Å². The zero-order valence-electron chi connectivity index (χ0n) is 17.5. The average Bonchev–Trinajstić information content (AvgIpc) is 3.34. The number of aromatic nitrogens is 3. The van der Waals surface area contributed by atoms with E-state index in [1.807, 2.05) is 24.1 Å². The Bertz CT molecular complexity index is 1030. The van der Waals surface area contributed by atoms with Crippen molar-refractivity contribution in [2.45, 2.75) is 51.5 Å². The predicted molar refractivity (Wildman–Crippen MR) is 111 cm³/mol. The highest BCUT2D eigenvalue weighted by Crippen LogP contribution is 2.32. The smallest absolute Gasteiger partial charge is 0.272 e. The van der Waals surface area contributed by atoms with Crippen molar-refractivity contribution in [3.63, 3.8) is 0 Å². The van der Waals surface area contributed by atoms with Crippen molar-refractivity contribution >= 4 is 5.91 Å². The molecule has 1 aliphatic heterocycles. The highest BCUT2D eigenvalue weighted by Gasteiger charge is 2.33. The van der Waals surface area contributed by atoms with E-state index in [1.54, 1.807) is 16.9 Å². The van der Waals surface area contributed by atoms with Gasteiger partial charge in [0.15, 0.2) is 0 Å². The lowest BCUT2D eigenvalue weighted by Gasteiger charge is -2.33. The number of amides is 1. The minimum Gasteiger partial charge on any atom is -0.443 e. The summed E-state index contributed by atoms with van der Waals surface area (Å²) in [6.45, 7) is 2.76. The van der Waals surface area contributed by atoms with Gasteiger partial charge in [-0.25, -0.2) is 9.37 Å². The molecule has 2 aromatic heterocycles. The number of likely N-dealkylation sites (tertiary alicyclic amines) is 1. The molecule has 0 aliphatic carbocycles. The Morgan fingerprint density at radius 1 is 1.30 bits per heavy atom. The largest absolute Gasteiger partial charge is 0.443 e. The zero-order chi connectivity index (χ0) is 21.1. The Balaban J connectivity index is 1.54. The lowest BCUT2D eigenvalue weighted by Crippen LogP contribution is -2.39. The second kappa shape index (κ2) is 8.81. The molecule has 30 heavy (non-hydrogen) atoms. The standard InChI is InChI=1S/C23H27FN4O2/c1-3-7-18-14-21(27(2)26-18)23(29)28-11-5-4-10-20(28)22-25-15-19(30-22)13-16-8-6-9-17(24)12-16/h6,8-9,12,14-15,20H,3-5,7,10-11,13H2,1-2H3. The minimum atomic E-state index is -0.269. The molecule has 1 aromatic carbocycles. The first-order chi connectivity index (χ1) is 14.5. The van der Waals surface area contributed by atoms with E-state index in [0.717, 1.165) is 43.4 Å². The van der Waals surface area contributed by atoms with Crippen LogP contribution in [0.5, 0.6) is 0 Å². The number of piperidine rings is 1. The van der Waals surface area contributed by atoms with Crippen molar-refractivity contribution in [3.05, 3.63) is 70.9 Å². The highest BCUT2D eigenvalue weighted by atomic mass is 19.1. The van der Waals surface area contributed by atoms with E-state index in [4.69, 9.17) is 4.42 Å². The van der Waals surface area contributed by atoms with Crippen LogP contribution in [-0.2, 0) is 19.9 Å². The van der Waals surface area contributed by atoms with Gasteiger partial charge in [-0.05, 0) is 49.4 Å². The molecule has 1 fully saturated rings. The summed E-state index contributed by atoms with van der Waals surface area (Å²) in [4.78, 5) is 19.6. The van der Waals surface area contributed by atoms with Gasteiger partial charge in [0.25, 0.3) is 5.91 Å². The molecule has 0 spiro atoms. The fourth-order valence-corrected chi connectivity index (χ4v) is 4.09. The van der Waals surface area contributed by atoms with E-state index < -0.39 is 0 Å². The molecule has 3 heterocycles. The van der Waals surface area contributed by atoms with Gasteiger partial charge in [-0.3, -0.25) is 9.48 Å². The molecule has 1 unspecified atom stereocenters. The van der Waals surface area contributed by atoms with E-state index in [1.165, 1.54) is 12.1 Å². The van der Waals surface area contributed by atoms with Crippen LogP contribution in [0.2, 0.25) is 0 Å². The van der Waals surface area contributed by atoms with Crippen LogP contribution in [-0.4, -0.2) is 32.1 Å².